The summed E-state index contributed by atoms with van der Waals surface area (Å²) in [5.41, 5.74) is 1.81. The maximum atomic E-state index is 12.3. The number of nitro benzene ring substituents is 1. The van der Waals surface area contributed by atoms with Gasteiger partial charge in [-0.3, -0.25) is 14.9 Å². The summed E-state index contributed by atoms with van der Waals surface area (Å²) in [5.74, 6) is -0.159. The van der Waals surface area contributed by atoms with Gasteiger partial charge in [-0.15, -0.1) is 0 Å². The van der Waals surface area contributed by atoms with E-state index in [0.717, 1.165) is 11.1 Å². The van der Waals surface area contributed by atoms with Crippen LogP contribution in [-0.4, -0.2) is 10.7 Å². The molecule has 2 aromatic carbocycles. The van der Waals surface area contributed by atoms with Crippen molar-refractivity contribution in [2.75, 3.05) is 0 Å². The number of benzene rings is 2. The zero-order valence-corrected chi connectivity index (χ0v) is 11.6. The number of halogens is 1. The summed E-state index contributed by atoms with van der Waals surface area (Å²) in [6.07, 6.45) is 0.169. The van der Waals surface area contributed by atoms with Crippen molar-refractivity contribution in [3.63, 3.8) is 0 Å². The summed E-state index contributed by atoms with van der Waals surface area (Å²) in [6, 6.07) is 11.3. The van der Waals surface area contributed by atoms with E-state index in [9.17, 15) is 14.9 Å². The molecular weight excluding hydrogens is 278 g/mol. The molecule has 0 aliphatic rings. The van der Waals surface area contributed by atoms with Crippen molar-refractivity contribution in [2.24, 2.45) is 0 Å². The highest BCUT2D eigenvalue weighted by Crippen LogP contribution is 2.20. The molecule has 0 fully saturated rings. The lowest BCUT2D eigenvalue weighted by Gasteiger charge is -2.05. The summed E-state index contributed by atoms with van der Waals surface area (Å²) in [7, 11) is 0. The first kappa shape index (κ1) is 14.2. The average molecular weight is 290 g/mol. The number of non-ortho nitro benzene ring substituents is 1. The van der Waals surface area contributed by atoms with E-state index in [1.165, 1.54) is 12.1 Å². The van der Waals surface area contributed by atoms with E-state index in [-0.39, 0.29) is 17.9 Å². The molecule has 4 nitrogen and oxygen atoms in total. The minimum absolute atomic E-state index is 0.0787. The van der Waals surface area contributed by atoms with Gasteiger partial charge in [0.05, 0.1) is 4.92 Å². The van der Waals surface area contributed by atoms with Crippen LogP contribution in [0, 0.1) is 17.0 Å². The second-order valence-corrected chi connectivity index (χ2v) is 4.92. The van der Waals surface area contributed by atoms with Gasteiger partial charge in [0.2, 0.25) is 0 Å². The Morgan fingerprint density at radius 2 is 2.00 bits per heavy atom. The van der Waals surface area contributed by atoms with Crippen LogP contribution in [0.15, 0.2) is 42.5 Å². The Hall–Kier alpha value is -2.20. The van der Waals surface area contributed by atoms with Crippen molar-refractivity contribution in [3.05, 3.63) is 74.3 Å². The highest BCUT2D eigenvalue weighted by Gasteiger charge is 2.15. The van der Waals surface area contributed by atoms with Crippen molar-refractivity contribution in [1.82, 2.24) is 0 Å². The molecule has 0 bridgehead atoms. The predicted molar refractivity (Wildman–Crippen MR) is 77.3 cm³/mol. The highest BCUT2D eigenvalue weighted by atomic mass is 35.5. The fraction of sp³-hybridized carbons (Fsp3) is 0.133. The van der Waals surface area contributed by atoms with Gasteiger partial charge in [-0.05, 0) is 30.2 Å². The number of ketones is 1. The molecule has 0 aliphatic heterocycles. The number of Topliss-reactive ketones (excluding diaryl/α,β-unsaturated/α-hetero) is 1. The monoisotopic (exact) mass is 289 g/mol. The molecule has 0 aliphatic carbocycles. The van der Waals surface area contributed by atoms with Gasteiger partial charge in [0.1, 0.15) is 0 Å². The molecular formula is C15H12ClNO3. The van der Waals surface area contributed by atoms with Gasteiger partial charge in [0, 0.05) is 29.1 Å². The van der Waals surface area contributed by atoms with Crippen LogP contribution in [-0.2, 0) is 6.42 Å². The van der Waals surface area contributed by atoms with Crippen LogP contribution in [0.25, 0.3) is 0 Å². The number of rotatable bonds is 4. The molecule has 2 aromatic rings. The van der Waals surface area contributed by atoms with Crippen molar-refractivity contribution in [1.29, 1.82) is 0 Å². The fourth-order valence-corrected chi connectivity index (χ4v) is 2.16. The normalized spacial score (nSPS) is 10.3. The lowest BCUT2D eigenvalue weighted by atomic mass is 9.99. The van der Waals surface area contributed by atoms with E-state index in [1.807, 2.05) is 0 Å². The van der Waals surface area contributed by atoms with E-state index < -0.39 is 4.92 Å². The Bertz CT molecular complexity index is 683. The predicted octanol–water partition coefficient (Wildman–Crippen LogP) is 3.98. The molecule has 2 rings (SSSR count). The highest BCUT2D eigenvalue weighted by molar-refractivity contribution is 6.30. The van der Waals surface area contributed by atoms with Crippen LogP contribution in [0.5, 0.6) is 0 Å². The Balaban J connectivity index is 2.29. The number of nitro groups is 1. The number of hydrogen-bond donors (Lipinski definition) is 0. The number of nitrogens with zero attached hydrogens (tertiary/aromatic N) is 1. The summed E-state index contributed by atoms with van der Waals surface area (Å²) < 4.78 is 0. The summed E-state index contributed by atoms with van der Waals surface area (Å²) in [4.78, 5) is 22.5. The van der Waals surface area contributed by atoms with Gasteiger partial charge < -0.3 is 0 Å². The van der Waals surface area contributed by atoms with Crippen LogP contribution >= 0.6 is 11.6 Å². The number of hydrogen-bond acceptors (Lipinski definition) is 3. The third-order valence-electron chi connectivity index (χ3n) is 2.99. The molecule has 0 aromatic heterocycles. The Kier molecular flexibility index (Phi) is 4.15. The molecule has 0 spiro atoms. The SMILES string of the molecule is Cc1ccc([N+](=O)[O-])cc1C(=O)Cc1cccc(Cl)c1. The average Bonchev–Trinajstić information content (AvgIpc) is 2.38. The zero-order valence-electron chi connectivity index (χ0n) is 10.8. The van der Waals surface area contributed by atoms with Crippen molar-refractivity contribution >= 4 is 23.1 Å². The van der Waals surface area contributed by atoms with E-state index >= 15 is 0 Å². The van der Waals surface area contributed by atoms with Gasteiger partial charge in [-0.1, -0.05) is 29.8 Å². The number of carbonyl (C=O) groups is 1. The molecule has 102 valence electrons. The van der Waals surface area contributed by atoms with Crippen molar-refractivity contribution in [3.8, 4) is 0 Å². The van der Waals surface area contributed by atoms with E-state index in [1.54, 1.807) is 37.3 Å². The molecule has 0 amide bonds. The molecule has 0 radical (unpaired) electrons. The number of aryl methyl sites for hydroxylation is 1. The molecule has 0 heterocycles. The Morgan fingerprint density at radius 1 is 1.25 bits per heavy atom. The standard InChI is InChI=1S/C15H12ClNO3/c1-10-5-6-13(17(19)20)9-14(10)15(18)8-11-3-2-4-12(16)7-11/h2-7,9H,8H2,1H3. The van der Waals surface area contributed by atoms with Crippen molar-refractivity contribution in [2.45, 2.75) is 13.3 Å². The summed E-state index contributed by atoms with van der Waals surface area (Å²) >= 11 is 5.87. The van der Waals surface area contributed by atoms with Gasteiger partial charge in [0.15, 0.2) is 5.78 Å². The topological polar surface area (TPSA) is 60.2 Å². The van der Waals surface area contributed by atoms with Crippen LogP contribution in [0.4, 0.5) is 5.69 Å². The maximum Gasteiger partial charge on any atom is 0.270 e. The lowest BCUT2D eigenvalue weighted by Crippen LogP contribution is -2.06. The fourth-order valence-electron chi connectivity index (χ4n) is 1.95. The Labute approximate surface area is 121 Å². The second kappa shape index (κ2) is 5.84. The number of carbonyl (C=O) groups excluding carboxylic acids is 1. The first-order valence-electron chi connectivity index (χ1n) is 6.00. The minimum atomic E-state index is -0.504. The van der Waals surface area contributed by atoms with Crippen LogP contribution in [0.3, 0.4) is 0 Å². The largest absolute Gasteiger partial charge is 0.294 e. The smallest absolute Gasteiger partial charge is 0.270 e. The van der Waals surface area contributed by atoms with Gasteiger partial charge in [-0.2, -0.15) is 0 Å². The molecule has 0 unspecified atom stereocenters. The lowest BCUT2D eigenvalue weighted by molar-refractivity contribution is -0.384. The van der Waals surface area contributed by atoms with E-state index in [0.29, 0.717) is 10.6 Å². The van der Waals surface area contributed by atoms with Gasteiger partial charge >= 0.3 is 0 Å². The van der Waals surface area contributed by atoms with Crippen molar-refractivity contribution < 1.29 is 9.72 Å². The Morgan fingerprint density at radius 3 is 2.65 bits per heavy atom. The summed E-state index contributed by atoms with van der Waals surface area (Å²) in [6.45, 7) is 1.76. The van der Waals surface area contributed by atoms with E-state index in [4.69, 9.17) is 11.6 Å². The minimum Gasteiger partial charge on any atom is -0.294 e. The molecule has 0 saturated heterocycles. The maximum absolute atomic E-state index is 12.3. The van der Waals surface area contributed by atoms with E-state index in [2.05, 4.69) is 0 Å². The molecule has 0 N–H and O–H groups in total. The van der Waals surface area contributed by atoms with Gasteiger partial charge in [0.25, 0.3) is 5.69 Å². The second-order valence-electron chi connectivity index (χ2n) is 4.49. The molecule has 0 saturated carbocycles. The molecule has 20 heavy (non-hydrogen) atoms. The van der Waals surface area contributed by atoms with Gasteiger partial charge in [-0.25, -0.2) is 0 Å². The first-order chi connectivity index (χ1) is 9.47. The third-order valence-corrected chi connectivity index (χ3v) is 3.22. The molecule has 0 atom stereocenters. The third kappa shape index (κ3) is 3.22. The quantitative estimate of drug-likeness (QED) is 0.486. The zero-order chi connectivity index (χ0) is 14.7. The van der Waals surface area contributed by atoms with Crippen LogP contribution in [0.1, 0.15) is 21.5 Å². The molecule has 5 heteroatoms. The summed E-state index contributed by atoms with van der Waals surface area (Å²) in [5, 5.41) is 11.3. The van der Waals surface area contributed by atoms with Crippen LogP contribution in [0.2, 0.25) is 5.02 Å². The first-order valence-corrected chi connectivity index (χ1v) is 6.38. The van der Waals surface area contributed by atoms with Crippen LogP contribution < -0.4 is 0 Å².